The number of nitrogens with one attached hydrogen (secondary N) is 1. The molecule has 2 atom stereocenters. The Labute approximate surface area is 112 Å². The fourth-order valence-electron chi connectivity index (χ4n) is 2.08. The zero-order valence-electron chi connectivity index (χ0n) is 12.2. The molecule has 18 heavy (non-hydrogen) atoms. The molecule has 1 rings (SSSR count). The second-order valence-electron chi connectivity index (χ2n) is 5.07. The summed E-state index contributed by atoms with van der Waals surface area (Å²) in [5.74, 6) is 1.79. The van der Waals surface area contributed by atoms with E-state index >= 15 is 0 Å². The molecular formula is C16H27NO. The molecule has 2 heteroatoms. The van der Waals surface area contributed by atoms with Crippen molar-refractivity contribution < 1.29 is 4.74 Å². The molecule has 0 spiro atoms. The molecule has 0 heterocycles. The van der Waals surface area contributed by atoms with E-state index in [0.717, 1.165) is 24.8 Å². The van der Waals surface area contributed by atoms with E-state index in [1.54, 1.807) is 0 Å². The summed E-state index contributed by atoms with van der Waals surface area (Å²) in [6.07, 6.45) is 2.48. The van der Waals surface area contributed by atoms with Crippen molar-refractivity contribution in [3.8, 4) is 5.75 Å². The van der Waals surface area contributed by atoms with Crippen LogP contribution in [0, 0.1) is 5.92 Å². The smallest absolute Gasteiger partial charge is 0.123 e. The van der Waals surface area contributed by atoms with Gasteiger partial charge in [0.25, 0.3) is 0 Å². The van der Waals surface area contributed by atoms with Crippen LogP contribution in [-0.4, -0.2) is 12.6 Å². The van der Waals surface area contributed by atoms with Gasteiger partial charge in [-0.2, -0.15) is 0 Å². The van der Waals surface area contributed by atoms with Crippen molar-refractivity contribution in [2.75, 3.05) is 6.61 Å². The molecule has 0 bridgehead atoms. The maximum absolute atomic E-state index is 5.63. The van der Waals surface area contributed by atoms with Crippen molar-refractivity contribution in [1.82, 2.24) is 5.32 Å². The average Bonchev–Trinajstić information content (AvgIpc) is 2.38. The van der Waals surface area contributed by atoms with Gasteiger partial charge in [0.2, 0.25) is 0 Å². The van der Waals surface area contributed by atoms with E-state index in [9.17, 15) is 0 Å². The Bertz CT molecular complexity index is 338. The molecule has 0 radical (unpaired) electrons. The van der Waals surface area contributed by atoms with Crippen molar-refractivity contribution in [2.24, 2.45) is 5.92 Å². The Morgan fingerprint density at radius 3 is 2.56 bits per heavy atom. The van der Waals surface area contributed by atoms with Crippen molar-refractivity contribution in [2.45, 2.75) is 53.1 Å². The molecule has 2 nitrogen and oxygen atoms in total. The maximum Gasteiger partial charge on any atom is 0.123 e. The highest BCUT2D eigenvalue weighted by Crippen LogP contribution is 2.18. The molecule has 102 valence electrons. The standard InChI is InChI=1S/C16H27NO/c1-5-13(3)11-14(4)17-12-15-9-7-8-10-16(15)18-6-2/h7-10,13-14,17H,5-6,11-12H2,1-4H3. The van der Waals surface area contributed by atoms with Crippen LogP contribution in [0.25, 0.3) is 0 Å². The average molecular weight is 249 g/mol. The van der Waals surface area contributed by atoms with Gasteiger partial charge < -0.3 is 10.1 Å². The lowest BCUT2D eigenvalue weighted by Gasteiger charge is -2.18. The van der Waals surface area contributed by atoms with Gasteiger partial charge >= 0.3 is 0 Å². The Balaban J connectivity index is 2.47. The molecular weight excluding hydrogens is 222 g/mol. The lowest BCUT2D eigenvalue weighted by atomic mass is 10.0. The van der Waals surface area contributed by atoms with Crippen LogP contribution in [0.2, 0.25) is 0 Å². The molecule has 0 saturated carbocycles. The fraction of sp³-hybridized carbons (Fsp3) is 0.625. The first-order valence-electron chi connectivity index (χ1n) is 7.11. The van der Waals surface area contributed by atoms with Crippen LogP contribution in [-0.2, 0) is 6.54 Å². The molecule has 0 fully saturated rings. The summed E-state index contributed by atoms with van der Waals surface area (Å²) in [5.41, 5.74) is 1.25. The largest absolute Gasteiger partial charge is 0.494 e. The van der Waals surface area contributed by atoms with Crippen molar-refractivity contribution in [3.63, 3.8) is 0 Å². The second-order valence-corrected chi connectivity index (χ2v) is 5.07. The van der Waals surface area contributed by atoms with Gasteiger partial charge in [-0.3, -0.25) is 0 Å². The zero-order valence-corrected chi connectivity index (χ0v) is 12.2. The van der Waals surface area contributed by atoms with Crippen molar-refractivity contribution in [1.29, 1.82) is 0 Å². The summed E-state index contributed by atoms with van der Waals surface area (Å²) < 4.78 is 5.63. The summed E-state index contributed by atoms with van der Waals surface area (Å²) >= 11 is 0. The Kier molecular flexibility index (Phi) is 6.81. The number of para-hydroxylation sites is 1. The Hall–Kier alpha value is -1.02. The van der Waals surface area contributed by atoms with Gasteiger partial charge in [0.05, 0.1) is 6.61 Å². The third kappa shape index (κ3) is 5.09. The quantitative estimate of drug-likeness (QED) is 0.752. The van der Waals surface area contributed by atoms with E-state index in [2.05, 4.69) is 38.2 Å². The van der Waals surface area contributed by atoms with E-state index in [1.165, 1.54) is 18.4 Å². The van der Waals surface area contributed by atoms with Crippen LogP contribution in [0.1, 0.15) is 46.1 Å². The summed E-state index contributed by atoms with van der Waals surface area (Å²) in [6.45, 7) is 10.5. The van der Waals surface area contributed by atoms with Crippen LogP contribution in [0.4, 0.5) is 0 Å². The van der Waals surface area contributed by atoms with E-state index in [-0.39, 0.29) is 0 Å². The van der Waals surface area contributed by atoms with E-state index < -0.39 is 0 Å². The van der Waals surface area contributed by atoms with Crippen LogP contribution in [0.3, 0.4) is 0 Å². The van der Waals surface area contributed by atoms with E-state index in [1.807, 2.05) is 19.1 Å². The summed E-state index contributed by atoms with van der Waals surface area (Å²) in [5, 5.41) is 3.58. The van der Waals surface area contributed by atoms with Crippen molar-refractivity contribution in [3.05, 3.63) is 29.8 Å². The second kappa shape index (κ2) is 8.15. The number of benzene rings is 1. The molecule has 0 aliphatic rings. The first-order valence-corrected chi connectivity index (χ1v) is 7.11. The van der Waals surface area contributed by atoms with Crippen LogP contribution in [0.15, 0.2) is 24.3 Å². The first kappa shape index (κ1) is 15.0. The summed E-state index contributed by atoms with van der Waals surface area (Å²) in [7, 11) is 0. The Morgan fingerprint density at radius 2 is 1.89 bits per heavy atom. The highest BCUT2D eigenvalue weighted by Gasteiger charge is 2.08. The molecule has 1 aromatic carbocycles. The van der Waals surface area contributed by atoms with Crippen LogP contribution >= 0.6 is 0 Å². The molecule has 0 aromatic heterocycles. The number of ether oxygens (including phenoxy) is 1. The number of hydrogen-bond donors (Lipinski definition) is 1. The highest BCUT2D eigenvalue weighted by atomic mass is 16.5. The number of rotatable bonds is 8. The predicted molar refractivity (Wildman–Crippen MR) is 78.0 cm³/mol. The predicted octanol–water partition coefficient (Wildman–Crippen LogP) is 4.00. The normalized spacial score (nSPS) is 14.2. The lowest BCUT2D eigenvalue weighted by molar-refractivity contribution is 0.333. The minimum Gasteiger partial charge on any atom is -0.494 e. The van der Waals surface area contributed by atoms with Gasteiger partial charge in [-0.1, -0.05) is 38.5 Å². The van der Waals surface area contributed by atoms with Gasteiger partial charge in [0.15, 0.2) is 0 Å². The van der Waals surface area contributed by atoms with Gasteiger partial charge in [-0.25, -0.2) is 0 Å². The van der Waals surface area contributed by atoms with Gasteiger partial charge in [0, 0.05) is 18.2 Å². The van der Waals surface area contributed by atoms with Crippen molar-refractivity contribution >= 4 is 0 Å². The number of hydrogen-bond acceptors (Lipinski definition) is 2. The van der Waals surface area contributed by atoms with Gasteiger partial charge in [0.1, 0.15) is 5.75 Å². The minimum atomic E-state index is 0.551. The third-order valence-corrected chi connectivity index (χ3v) is 3.37. The van der Waals surface area contributed by atoms with E-state index in [0.29, 0.717) is 6.04 Å². The molecule has 2 unspecified atom stereocenters. The minimum absolute atomic E-state index is 0.551. The highest BCUT2D eigenvalue weighted by molar-refractivity contribution is 5.33. The Morgan fingerprint density at radius 1 is 1.17 bits per heavy atom. The van der Waals surface area contributed by atoms with Gasteiger partial charge in [-0.05, 0) is 32.3 Å². The lowest BCUT2D eigenvalue weighted by Crippen LogP contribution is -2.27. The molecule has 0 saturated heterocycles. The topological polar surface area (TPSA) is 21.3 Å². The summed E-state index contributed by atoms with van der Waals surface area (Å²) in [6, 6.07) is 8.82. The fourth-order valence-corrected chi connectivity index (χ4v) is 2.08. The van der Waals surface area contributed by atoms with Crippen LogP contribution < -0.4 is 10.1 Å². The molecule has 0 aliphatic carbocycles. The molecule has 0 aliphatic heterocycles. The molecule has 1 N–H and O–H groups in total. The zero-order chi connectivity index (χ0) is 13.4. The SMILES string of the molecule is CCOc1ccccc1CNC(C)CC(C)CC. The van der Waals surface area contributed by atoms with E-state index in [4.69, 9.17) is 4.74 Å². The first-order chi connectivity index (χ1) is 8.67. The molecule has 0 amide bonds. The van der Waals surface area contributed by atoms with Crippen LogP contribution in [0.5, 0.6) is 5.75 Å². The maximum atomic E-state index is 5.63. The monoisotopic (exact) mass is 249 g/mol. The van der Waals surface area contributed by atoms with Gasteiger partial charge in [-0.15, -0.1) is 0 Å². The molecule has 1 aromatic rings. The summed E-state index contributed by atoms with van der Waals surface area (Å²) in [4.78, 5) is 0. The third-order valence-electron chi connectivity index (χ3n) is 3.37.